The number of nitrogens with zero attached hydrogens (tertiary/aromatic N) is 2. The molecule has 2 aliphatic heterocycles. The Balaban J connectivity index is 1.97. The SMILES string of the molecule is C[C@@H]1CS(=O)(=O)CCN1CC(=O)N1[C@H](C)CCC[C@H]1C. The lowest BCUT2D eigenvalue weighted by atomic mass is 9.97. The van der Waals surface area contributed by atoms with Crippen LogP contribution in [0.4, 0.5) is 0 Å². The standard InChI is InChI=1S/C14H26N2O3S/c1-11-5-4-6-12(2)16(11)14(17)9-15-7-8-20(18,19)10-13(15)3/h11-13H,4-10H2,1-3H3/t11-,12-,13-/m1/s1. The summed E-state index contributed by atoms with van der Waals surface area (Å²) in [6.07, 6.45) is 3.32. The van der Waals surface area contributed by atoms with Gasteiger partial charge in [0.2, 0.25) is 5.91 Å². The van der Waals surface area contributed by atoms with Crippen molar-refractivity contribution in [1.29, 1.82) is 0 Å². The van der Waals surface area contributed by atoms with Gasteiger partial charge >= 0.3 is 0 Å². The number of hydrogen-bond acceptors (Lipinski definition) is 4. The third-order valence-electron chi connectivity index (χ3n) is 4.63. The number of amides is 1. The molecule has 0 unspecified atom stereocenters. The van der Waals surface area contributed by atoms with Crippen LogP contribution in [-0.4, -0.2) is 66.8 Å². The Morgan fingerprint density at radius 2 is 1.70 bits per heavy atom. The molecule has 20 heavy (non-hydrogen) atoms. The summed E-state index contributed by atoms with van der Waals surface area (Å²) in [7, 11) is -2.91. The van der Waals surface area contributed by atoms with Crippen molar-refractivity contribution >= 4 is 15.7 Å². The van der Waals surface area contributed by atoms with E-state index in [1.54, 1.807) is 0 Å². The molecular weight excluding hydrogens is 276 g/mol. The normalized spacial score (nSPS) is 35.0. The molecule has 2 fully saturated rings. The Hall–Kier alpha value is -0.620. The second-order valence-electron chi connectivity index (χ2n) is 6.36. The summed E-state index contributed by atoms with van der Waals surface area (Å²) in [6, 6.07) is 0.540. The minimum atomic E-state index is -2.91. The van der Waals surface area contributed by atoms with Crippen LogP contribution < -0.4 is 0 Å². The third kappa shape index (κ3) is 3.52. The summed E-state index contributed by atoms with van der Waals surface area (Å²) < 4.78 is 23.2. The molecule has 2 aliphatic rings. The molecule has 116 valence electrons. The molecule has 2 heterocycles. The van der Waals surface area contributed by atoms with E-state index < -0.39 is 9.84 Å². The summed E-state index contributed by atoms with van der Waals surface area (Å²) in [6.45, 7) is 6.94. The number of carbonyl (C=O) groups excluding carboxylic acids is 1. The quantitative estimate of drug-likeness (QED) is 0.760. The van der Waals surface area contributed by atoms with Crippen LogP contribution >= 0.6 is 0 Å². The predicted octanol–water partition coefficient (Wildman–Crippen LogP) is 0.895. The Kier molecular flexibility index (Phi) is 4.74. The Morgan fingerprint density at radius 1 is 1.10 bits per heavy atom. The van der Waals surface area contributed by atoms with Crippen molar-refractivity contribution in [3.63, 3.8) is 0 Å². The van der Waals surface area contributed by atoms with Gasteiger partial charge in [-0.05, 0) is 40.0 Å². The zero-order valence-corrected chi connectivity index (χ0v) is 13.5. The number of rotatable bonds is 2. The van der Waals surface area contributed by atoms with Crippen molar-refractivity contribution < 1.29 is 13.2 Å². The van der Waals surface area contributed by atoms with E-state index in [2.05, 4.69) is 13.8 Å². The molecule has 2 rings (SSSR count). The lowest BCUT2D eigenvalue weighted by Gasteiger charge is -2.41. The maximum Gasteiger partial charge on any atom is 0.237 e. The molecule has 0 aliphatic carbocycles. The molecule has 0 aromatic rings. The zero-order chi connectivity index (χ0) is 14.9. The Morgan fingerprint density at radius 3 is 2.25 bits per heavy atom. The zero-order valence-electron chi connectivity index (χ0n) is 12.7. The molecule has 0 aromatic heterocycles. The lowest BCUT2D eigenvalue weighted by molar-refractivity contribution is -0.138. The highest BCUT2D eigenvalue weighted by Crippen LogP contribution is 2.23. The van der Waals surface area contributed by atoms with Crippen LogP contribution in [-0.2, 0) is 14.6 Å². The first-order chi connectivity index (χ1) is 9.30. The molecule has 0 bridgehead atoms. The molecule has 6 heteroatoms. The van der Waals surface area contributed by atoms with Gasteiger partial charge in [0.15, 0.2) is 9.84 Å². The van der Waals surface area contributed by atoms with Crippen LogP contribution in [0.15, 0.2) is 0 Å². The summed E-state index contributed by atoms with van der Waals surface area (Å²) in [4.78, 5) is 16.5. The summed E-state index contributed by atoms with van der Waals surface area (Å²) in [5.74, 6) is 0.497. The number of piperidine rings is 1. The molecule has 0 radical (unpaired) electrons. The van der Waals surface area contributed by atoms with E-state index in [4.69, 9.17) is 0 Å². The van der Waals surface area contributed by atoms with Gasteiger partial charge in [0.05, 0.1) is 18.1 Å². The fourth-order valence-corrected chi connectivity index (χ4v) is 5.06. The highest BCUT2D eigenvalue weighted by atomic mass is 32.2. The van der Waals surface area contributed by atoms with E-state index in [0.717, 1.165) is 12.8 Å². The van der Waals surface area contributed by atoms with Gasteiger partial charge in [0.25, 0.3) is 0 Å². The van der Waals surface area contributed by atoms with Gasteiger partial charge in [-0.2, -0.15) is 0 Å². The van der Waals surface area contributed by atoms with Crippen molar-refractivity contribution in [2.45, 2.75) is 58.2 Å². The summed E-state index contributed by atoms with van der Waals surface area (Å²) >= 11 is 0. The van der Waals surface area contributed by atoms with Gasteiger partial charge in [-0.3, -0.25) is 9.69 Å². The highest BCUT2D eigenvalue weighted by molar-refractivity contribution is 7.91. The Bertz CT molecular complexity index is 453. The number of carbonyl (C=O) groups is 1. The van der Waals surface area contributed by atoms with Crippen LogP contribution in [0.1, 0.15) is 40.0 Å². The van der Waals surface area contributed by atoms with Crippen molar-refractivity contribution in [3.05, 3.63) is 0 Å². The second kappa shape index (κ2) is 6.02. The van der Waals surface area contributed by atoms with Gasteiger partial charge in [-0.25, -0.2) is 8.42 Å². The van der Waals surface area contributed by atoms with Crippen molar-refractivity contribution in [1.82, 2.24) is 9.80 Å². The second-order valence-corrected chi connectivity index (χ2v) is 8.59. The molecule has 0 saturated carbocycles. The van der Waals surface area contributed by atoms with Crippen LogP contribution in [0.25, 0.3) is 0 Å². The number of sulfone groups is 1. The first-order valence-electron chi connectivity index (χ1n) is 7.56. The van der Waals surface area contributed by atoms with E-state index in [9.17, 15) is 13.2 Å². The molecule has 5 nitrogen and oxygen atoms in total. The van der Waals surface area contributed by atoms with Crippen LogP contribution in [0, 0.1) is 0 Å². The summed E-state index contributed by atoms with van der Waals surface area (Å²) in [5, 5.41) is 0. The molecule has 0 aromatic carbocycles. The first-order valence-corrected chi connectivity index (χ1v) is 9.38. The fraction of sp³-hybridized carbons (Fsp3) is 0.929. The molecule has 0 spiro atoms. The minimum Gasteiger partial charge on any atom is -0.336 e. The van der Waals surface area contributed by atoms with Crippen LogP contribution in [0.5, 0.6) is 0 Å². The average Bonchev–Trinajstić information content (AvgIpc) is 2.32. The summed E-state index contributed by atoms with van der Waals surface area (Å²) in [5.41, 5.74) is 0. The van der Waals surface area contributed by atoms with Crippen molar-refractivity contribution in [2.24, 2.45) is 0 Å². The average molecular weight is 302 g/mol. The third-order valence-corrected chi connectivity index (χ3v) is 6.42. The maximum atomic E-state index is 12.5. The van der Waals surface area contributed by atoms with E-state index in [0.29, 0.717) is 25.2 Å². The van der Waals surface area contributed by atoms with Crippen LogP contribution in [0.3, 0.4) is 0 Å². The van der Waals surface area contributed by atoms with Gasteiger partial charge in [-0.1, -0.05) is 0 Å². The molecule has 1 amide bonds. The maximum absolute atomic E-state index is 12.5. The predicted molar refractivity (Wildman–Crippen MR) is 79.3 cm³/mol. The number of likely N-dealkylation sites (tertiary alicyclic amines) is 1. The minimum absolute atomic E-state index is 0.0619. The van der Waals surface area contributed by atoms with Crippen LogP contribution in [0.2, 0.25) is 0 Å². The largest absolute Gasteiger partial charge is 0.336 e. The topological polar surface area (TPSA) is 57.7 Å². The number of hydrogen-bond donors (Lipinski definition) is 0. The molecular formula is C14H26N2O3S. The fourth-order valence-electron chi connectivity index (χ4n) is 3.44. The van der Waals surface area contributed by atoms with E-state index in [1.165, 1.54) is 6.42 Å². The molecule has 2 saturated heterocycles. The molecule has 3 atom stereocenters. The van der Waals surface area contributed by atoms with Gasteiger partial charge in [0, 0.05) is 24.7 Å². The van der Waals surface area contributed by atoms with Crippen molar-refractivity contribution in [3.8, 4) is 0 Å². The smallest absolute Gasteiger partial charge is 0.237 e. The van der Waals surface area contributed by atoms with Gasteiger partial charge in [-0.15, -0.1) is 0 Å². The van der Waals surface area contributed by atoms with E-state index in [-0.39, 0.29) is 23.5 Å². The lowest BCUT2D eigenvalue weighted by Crippen LogP contribution is -2.55. The molecule has 0 N–H and O–H groups in total. The first kappa shape index (κ1) is 15.8. The van der Waals surface area contributed by atoms with E-state index in [1.807, 2.05) is 16.7 Å². The monoisotopic (exact) mass is 302 g/mol. The van der Waals surface area contributed by atoms with E-state index >= 15 is 0 Å². The van der Waals surface area contributed by atoms with Gasteiger partial charge < -0.3 is 4.90 Å². The highest BCUT2D eigenvalue weighted by Gasteiger charge is 2.33. The van der Waals surface area contributed by atoms with Crippen molar-refractivity contribution in [2.75, 3.05) is 24.6 Å². The Labute approximate surface area is 122 Å². The van der Waals surface area contributed by atoms with Gasteiger partial charge in [0.1, 0.15) is 0 Å².